The first-order valence-electron chi connectivity index (χ1n) is 17.7. The maximum atomic E-state index is 14.2. The van der Waals surface area contributed by atoms with Gasteiger partial charge in [0, 0.05) is 12.8 Å². The highest BCUT2D eigenvalue weighted by molar-refractivity contribution is 7.18. The summed E-state index contributed by atoms with van der Waals surface area (Å²) in [5, 5.41) is 12.8. The number of carbonyl (C=O) groups excluding carboxylic acids is 4. The molecule has 6 N–H and O–H groups in total. The summed E-state index contributed by atoms with van der Waals surface area (Å²) in [6, 6.07) is 24.1. The Balaban J connectivity index is 1.35. The van der Waals surface area contributed by atoms with Gasteiger partial charge in [0.15, 0.2) is 0 Å². The fraction of sp³-hybridized carbons (Fsp3) is 0.410. The maximum absolute atomic E-state index is 14.2. The normalized spacial score (nSPS) is 14.9. The van der Waals surface area contributed by atoms with Gasteiger partial charge in [-0.15, -0.1) is 11.3 Å². The third kappa shape index (κ3) is 9.98. The van der Waals surface area contributed by atoms with Crippen LogP contribution < -0.4 is 27.0 Å². The number of carbonyl (C=O) groups is 4. The Morgan fingerprint density at radius 3 is 2.00 bits per heavy atom. The predicted octanol–water partition coefficient (Wildman–Crippen LogP) is 4.93. The first kappa shape index (κ1) is 36.7. The van der Waals surface area contributed by atoms with E-state index in [0.29, 0.717) is 30.8 Å². The van der Waals surface area contributed by atoms with Crippen molar-refractivity contribution < 1.29 is 19.2 Å². The molecule has 11 heteroatoms. The summed E-state index contributed by atoms with van der Waals surface area (Å²) in [5.41, 5.74) is 8.46. The fourth-order valence-corrected chi connectivity index (χ4v) is 7.56. The van der Waals surface area contributed by atoms with Crippen LogP contribution in [0.25, 0.3) is 10.2 Å². The number of nitrogens with two attached hydrogens (primary N) is 1. The van der Waals surface area contributed by atoms with Crippen molar-refractivity contribution in [2.24, 2.45) is 11.7 Å². The van der Waals surface area contributed by atoms with E-state index in [4.69, 9.17) is 5.73 Å². The van der Waals surface area contributed by atoms with Crippen LogP contribution in [0.5, 0.6) is 0 Å². The van der Waals surface area contributed by atoms with Crippen LogP contribution in [-0.4, -0.2) is 53.3 Å². The molecule has 1 aromatic heterocycles. The van der Waals surface area contributed by atoms with E-state index < -0.39 is 36.0 Å². The molecule has 10 nitrogen and oxygen atoms in total. The zero-order valence-corrected chi connectivity index (χ0v) is 29.4. The van der Waals surface area contributed by atoms with Crippen molar-refractivity contribution in [2.75, 3.05) is 6.54 Å². The van der Waals surface area contributed by atoms with Crippen molar-refractivity contribution in [3.05, 3.63) is 101 Å². The number of unbranched alkanes of at least 4 members (excludes halogenated alkanes) is 1. The lowest BCUT2D eigenvalue weighted by Gasteiger charge is -2.29. The van der Waals surface area contributed by atoms with E-state index in [0.717, 1.165) is 47.0 Å². The third-order valence-electron chi connectivity index (χ3n) is 9.27. The van der Waals surface area contributed by atoms with E-state index in [1.807, 2.05) is 84.9 Å². The van der Waals surface area contributed by atoms with Gasteiger partial charge in [0.05, 0.1) is 21.3 Å². The molecule has 1 aliphatic rings. The Morgan fingerprint density at radius 1 is 0.760 bits per heavy atom. The van der Waals surface area contributed by atoms with Gasteiger partial charge in [0.2, 0.25) is 23.6 Å². The predicted molar refractivity (Wildman–Crippen MR) is 197 cm³/mol. The molecule has 4 aromatic rings. The number of benzene rings is 3. The van der Waals surface area contributed by atoms with Crippen LogP contribution in [0.3, 0.4) is 0 Å². The Kier molecular flexibility index (Phi) is 13.5. The summed E-state index contributed by atoms with van der Waals surface area (Å²) in [6.45, 7) is 2.20. The van der Waals surface area contributed by atoms with Crippen molar-refractivity contribution in [1.29, 1.82) is 0 Å². The summed E-state index contributed by atoms with van der Waals surface area (Å²) >= 11 is 1.48. The van der Waals surface area contributed by atoms with E-state index in [9.17, 15) is 19.2 Å². The van der Waals surface area contributed by atoms with Gasteiger partial charge in [0.25, 0.3) is 0 Å². The number of rotatable bonds is 17. The second-order valence-corrected chi connectivity index (χ2v) is 14.0. The van der Waals surface area contributed by atoms with Gasteiger partial charge < -0.3 is 27.0 Å². The molecular weight excluding hydrogens is 649 g/mol. The second-order valence-electron chi connectivity index (χ2n) is 12.9. The lowest BCUT2D eigenvalue weighted by Crippen LogP contribution is -2.59. The van der Waals surface area contributed by atoms with Crippen LogP contribution in [0.4, 0.5) is 0 Å². The zero-order valence-electron chi connectivity index (χ0n) is 28.6. The Labute approximate surface area is 298 Å². The molecule has 0 aliphatic heterocycles. The minimum Gasteiger partial charge on any atom is -0.344 e. The molecule has 0 bridgehead atoms. The number of aromatic nitrogens is 1. The summed E-state index contributed by atoms with van der Waals surface area (Å²) < 4.78 is 0.993. The average Bonchev–Trinajstić information content (AvgIpc) is 3.83. The fourth-order valence-electron chi connectivity index (χ4n) is 6.55. The van der Waals surface area contributed by atoms with Crippen LogP contribution in [0, 0.1) is 5.92 Å². The van der Waals surface area contributed by atoms with E-state index in [1.165, 1.54) is 11.3 Å². The summed E-state index contributed by atoms with van der Waals surface area (Å²) in [7, 11) is 0. The van der Waals surface area contributed by atoms with Crippen molar-refractivity contribution in [2.45, 2.75) is 88.9 Å². The second kappa shape index (κ2) is 18.4. The highest BCUT2D eigenvalue weighted by atomic mass is 32.1. The van der Waals surface area contributed by atoms with Crippen molar-refractivity contribution in [1.82, 2.24) is 26.3 Å². The van der Waals surface area contributed by atoms with Crippen molar-refractivity contribution in [3.8, 4) is 0 Å². The van der Waals surface area contributed by atoms with Crippen molar-refractivity contribution in [3.63, 3.8) is 0 Å². The van der Waals surface area contributed by atoms with Gasteiger partial charge >= 0.3 is 0 Å². The number of hydrogen-bond acceptors (Lipinski definition) is 7. The number of fused-ring (bicyclic) bond motifs is 1. The average molecular weight is 697 g/mol. The van der Waals surface area contributed by atoms with E-state index in [2.05, 4.69) is 26.3 Å². The van der Waals surface area contributed by atoms with E-state index >= 15 is 0 Å². The third-order valence-corrected chi connectivity index (χ3v) is 10.3. The van der Waals surface area contributed by atoms with Crippen LogP contribution in [0.1, 0.15) is 80.5 Å². The molecule has 0 unspecified atom stereocenters. The number of nitrogens with zero attached hydrogens (tertiary/aromatic N) is 1. The van der Waals surface area contributed by atoms with Gasteiger partial charge in [-0.25, -0.2) is 4.98 Å². The minimum absolute atomic E-state index is 0.0990. The van der Waals surface area contributed by atoms with E-state index in [1.54, 1.807) is 6.92 Å². The molecule has 0 radical (unpaired) electrons. The topological polar surface area (TPSA) is 155 Å². The molecule has 50 heavy (non-hydrogen) atoms. The van der Waals surface area contributed by atoms with Gasteiger partial charge in [0.1, 0.15) is 18.1 Å². The van der Waals surface area contributed by atoms with E-state index in [-0.39, 0.29) is 30.6 Å². The molecule has 4 amide bonds. The molecule has 5 rings (SSSR count). The van der Waals surface area contributed by atoms with Gasteiger partial charge in [-0.3, -0.25) is 19.2 Å². The van der Waals surface area contributed by atoms with Crippen LogP contribution in [-0.2, 0) is 25.6 Å². The first-order valence-corrected chi connectivity index (χ1v) is 18.5. The molecule has 0 spiro atoms. The molecule has 3 atom stereocenters. The molecular formula is C39H48N6O4S. The molecule has 3 aromatic carbocycles. The molecule has 1 fully saturated rings. The van der Waals surface area contributed by atoms with Crippen LogP contribution in [0.2, 0.25) is 0 Å². The first-order chi connectivity index (χ1) is 24.4. The number of hydrogen-bond donors (Lipinski definition) is 5. The standard InChI is InChI=1S/C39H48N6O4S/c1-2-33(46)41-31(25-34-42-29-21-11-12-23-32(29)50-34)38(48)45-36(28-19-9-10-20-28)39(49)43-30(22-13-14-24-40)37(47)44-35(26-15-5-3-6-16-26)27-17-7-4-8-18-27/h3-8,11-12,15-18,21,23,28,30-31,35-36H,2,9-10,13-14,19-20,22,24-25,40H2,1H3,(H,41,46)(H,43,49)(H,44,47)(H,45,48)/t30-,31-,36-/m0/s1. The molecule has 1 heterocycles. The largest absolute Gasteiger partial charge is 0.344 e. The number of thiazole rings is 1. The Bertz CT molecular complexity index is 1640. The maximum Gasteiger partial charge on any atom is 0.243 e. The van der Waals surface area contributed by atoms with Gasteiger partial charge in [-0.05, 0) is 67.8 Å². The zero-order chi connectivity index (χ0) is 35.3. The lowest BCUT2D eigenvalue weighted by atomic mass is 9.95. The highest BCUT2D eigenvalue weighted by Gasteiger charge is 2.36. The molecule has 1 saturated carbocycles. The lowest BCUT2D eigenvalue weighted by molar-refractivity contribution is -0.135. The molecule has 0 saturated heterocycles. The van der Waals surface area contributed by atoms with Crippen LogP contribution in [0.15, 0.2) is 84.9 Å². The number of para-hydroxylation sites is 1. The minimum atomic E-state index is -0.916. The Hall–Kier alpha value is -4.61. The molecule has 1 aliphatic carbocycles. The van der Waals surface area contributed by atoms with Crippen molar-refractivity contribution >= 4 is 45.2 Å². The monoisotopic (exact) mass is 696 g/mol. The highest BCUT2D eigenvalue weighted by Crippen LogP contribution is 2.29. The van der Waals surface area contributed by atoms with Gasteiger partial charge in [-0.1, -0.05) is 92.6 Å². The van der Waals surface area contributed by atoms with Crippen LogP contribution >= 0.6 is 11.3 Å². The SMILES string of the molecule is CCC(=O)N[C@@H](Cc1nc2ccccc2s1)C(=O)N[C@H](C(=O)N[C@@H](CCCCN)C(=O)NC(c1ccccc1)c1ccccc1)C1CCCC1. The number of nitrogens with one attached hydrogen (secondary N) is 4. The number of amides is 4. The summed E-state index contributed by atoms with van der Waals surface area (Å²) in [6.07, 6.45) is 5.58. The van der Waals surface area contributed by atoms with Gasteiger partial charge in [-0.2, -0.15) is 0 Å². The Morgan fingerprint density at radius 2 is 1.38 bits per heavy atom. The summed E-state index contributed by atoms with van der Waals surface area (Å²) in [4.78, 5) is 59.4. The summed E-state index contributed by atoms with van der Waals surface area (Å²) in [5.74, 6) is -1.53. The molecule has 264 valence electrons. The quantitative estimate of drug-likeness (QED) is 0.0987. The smallest absolute Gasteiger partial charge is 0.243 e.